The molecule has 1 unspecified atom stereocenters. The van der Waals surface area contributed by atoms with Gasteiger partial charge in [-0.3, -0.25) is 9.58 Å². The van der Waals surface area contributed by atoms with E-state index in [1.807, 2.05) is 14.0 Å². The summed E-state index contributed by atoms with van der Waals surface area (Å²) in [6, 6.07) is 0.525. The van der Waals surface area contributed by atoms with Crippen molar-refractivity contribution in [3.8, 4) is 11.4 Å². The van der Waals surface area contributed by atoms with Gasteiger partial charge in [-0.25, -0.2) is 0 Å². The first kappa shape index (κ1) is 21.3. The number of nitrogens with zero attached hydrogens (tertiary/aromatic N) is 4. The topological polar surface area (TPSA) is 59.1 Å². The van der Waals surface area contributed by atoms with Crippen LogP contribution in [-0.4, -0.2) is 45.5 Å². The van der Waals surface area contributed by atoms with E-state index in [0.29, 0.717) is 16.6 Å². The summed E-state index contributed by atoms with van der Waals surface area (Å²) < 4.78 is 6.87. The second kappa shape index (κ2) is 8.97. The fourth-order valence-corrected chi connectivity index (χ4v) is 3.99. The molecule has 0 aliphatic carbocycles. The van der Waals surface area contributed by atoms with Gasteiger partial charge in [0.2, 0.25) is 0 Å². The Morgan fingerprint density at radius 1 is 1.29 bits per heavy atom. The molecule has 1 aliphatic heterocycles. The SMILES string of the molecule is Cc1conc1-c1nn(C)c(Cl)c1CN1CCCCC(NCCC(C)(C)C)C1. The first-order valence-corrected chi connectivity index (χ1v) is 10.7. The quantitative estimate of drug-likeness (QED) is 0.768. The third-order valence-corrected chi connectivity index (χ3v) is 5.96. The molecule has 1 aliphatic rings. The lowest BCUT2D eigenvalue weighted by Gasteiger charge is -2.26. The van der Waals surface area contributed by atoms with Crippen molar-refractivity contribution in [2.75, 3.05) is 19.6 Å². The van der Waals surface area contributed by atoms with Crippen LogP contribution < -0.4 is 5.32 Å². The van der Waals surface area contributed by atoms with Crippen molar-refractivity contribution in [2.45, 2.75) is 66.0 Å². The van der Waals surface area contributed by atoms with E-state index >= 15 is 0 Å². The predicted octanol–water partition coefficient (Wildman–Crippen LogP) is 4.42. The van der Waals surface area contributed by atoms with Crippen molar-refractivity contribution in [1.82, 2.24) is 25.2 Å². The summed E-state index contributed by atoms with van der Waals surface area (Å²) in [5, 5.41) is 13.2. The average molecular weight is 408 g/mol. The van der Waals surface area contributed by atoms with E-state index in [-0.39, 0.29) is 0 Å². The molecule has 0 aromatic carbocycles. The Morgan fingerprint density at radius 3 is 2.75 bits per heavy atom. The van der Waals surface area contributed by atoms with E-state index in [4.69, 9.17) is 16.1 Å². The molecule has 1 saturated heterocycles. The molecule has 3 heterocycles. The highest BCUT2D eigenvalue weighted by atomic mass is 35.5. The van der Waals surface area contributed by atoms with Crippen molar-refractivity contribution in [3.63, 3.8) is 0 Å². The lowest BCUT2D eigenvalue weighted by atomic mass is 9.92. The molecule has 2 aromatic rings. The maximum Gasteiger partial charge on any atom is 0.137 e. The number of aromatic nitrogens is 3. The summed E-state index contributed by atoms with van der Waals surface area (Å²) in [6.45, 7) is 12.8. The Bertz CT molecular complexity index is 776. The van der Waals surface area contributed by atoms with Crippen LogP contribution in [-0.2, 0) is 13.6 Å². The zero-order chi connectivity index (χ0) is 20.3. The Hall–Kier alpha value is -1.37. The third-order valence-electron chi connectivity index (χ3n) is 5.49. The van der Waals surface area contributed by atoms with Gasteiger partial charge in [0.05, 0.1) is 0 Å². The fraction of sp³-hybridized carbons (Fsp3) is 0.714. The highest BCUT2D eigenvalue weighted by Crippen LogP contribution is 2.31. The minimum absolute atomic E-state index is 0.366. The standard InChI is InChI=1S/C21H34ClN5O/c1-15-14-28-25-18(15)19-17(20(22)26(5)24-19)13-27-11-7-6-8-16(12-27)23-10-9-21(2,3)4/h14,16,23H,6-13H2,1-5H3. The highest BCUT2D eigenvalue weighted by Gasteiger charge is 2.25. The van der Waals surface area contributed by atoms with Gasteiger partial charge < -0.3 is 9.84 Å². The molecule has 1 atom stereocenters. The molecule has 156 valence electrons. The van der Waals surface area contributed by atoms with Gasteiger partial charge in [0.1, 0.15) is 22.8 Å². The number of hydrogen-bond donors (Lipinski definition) is 1. The van der Waals surface area contributed by atoms with Crippen molar-refractivity contribution in [2.24, 2.45) is 12.5 Å². The van der Waals surface area contributed by atoms with Gasteiger partial charge in [0.15, 0.2) is 0 Å². The zero-order valence-electron chi connectivity index (χ0n) is 17.9. The van der Waals surface area contributed by atoms with Gasteiger partial charge in [-0.2, -0.15) is 5.10 Å². The van der Waals surface area contributed by atoms with Gasteiger partial charge in [-0.05, 0) is 44.7 Å². The number of nitrogens with one attached hydrogen (secondary N) is 1. The number of hydrogen-bond acceptors (Lipinski definition) is 5. The van der Waals surface area contributed by atoms with E-state index < -0.39 is 0 Å². The largest absolute Gasteiger partial charge is 0.364 e. The van der Waals surface area contributed by atoms with Gasteiger partial charge in [-0.1, -0.05) is 43.9 Å². The molecule has 3 rings (SSSR count). The van der Waals surface area contributed by atoms with Gasteiger partial charge in [0.25, 0.3) is 0 Å². The Labute approximate surface area is 173 Å². The van der Waals surface area contributed by atoms with Crippen molar-refractivity contribution >= 4 is 11.6 Å². The van der Waals surface area contributed by atoms with Crippen LogP contribution >= 0.6 is 11.6 Å². The summed E-state index contributed by atoms with van der Waals surface area (Å²) in [4.78, 5) is 2.50. The number of halogens is 1. The first-order chi connectivity index (χ1) is 13.2. The van der Waals surface area contributed by atoms with E-state index in [1.165, 1.54) is 25.7 Å². The molecule has 6 nitrogen and oxygen atoms in total. The summed E-state index contributed by atoms with van der Waals surface area (Å²) in [5.74, 6) is 0. The molecule has 7 heteroatoms. The van der Waals surface area contributed by atoms with Crippen molar-refractivity contribution in [1.29, 1.82) is 0 Å². The molecule has 28 heavy (non-hydrogen) atoms. The van der Waals surface area contributed by atoms with Crippen LogP contribution in [0.5, 0.6) is 0 Å². The molecule has 0 amide bonds. The summed E-state index contributed by atoms with van der Waals surface area (Å²) in [5.41, 5.74) is 4.00. The van der Waals surface area contributed by atoms with E-state index in [0.717, 1.165) is 48.7 Å². The smallest absolute Gasteiger partial charge is 0.137 e. The van der Waals surface area contributed by atoms with E-state index in [2.05, 4.69) is 41.2 Å². The minimum Gasteiger partial charge on any atom is -0.364 e. The summed E-state index contributed by atoms with van der Waals surface area (Å²) in [6.07, 6.45) is 6.56. The Morgan fingerprint density at radius 2 is 2.07 bits per heavy atom. The maximum atomic E-state index is 6.61. The minimum atomic E-state index is 0.366. The van der Waals surface area contributed by atoms with Crippen LogP contribution in [0.25, 0.3) is 11.4 Å². The number of likely N-dealkylation sites (tertiary alicyclic amines) is 1. The Kier molecular flexibility index (Phi) is 6.84. The summed E-state index contributed by atoms with van der Waals surface area (Å²) in [7, 11) is 1.88. The summed E-state index contributed by atoms with van der Waals surface area (Å²) >= 11 is 6.61. The van der Waals surface area contributed by atoms with Crippen LogP contribution in [0, 0.1) is 12.3 Å². The zero-order valence-corrected chi connectivity index (χ0v) is 18.6. The van der Waals surface area contributed by atoms with Crippen LogP contribution in [0.15, 0.2) is 10.8 Å². The lowest BCUT2D eigenvalue weighted by Crippen LogP contribution is -2.40. The van der Waals surface area contributed by atoms with Gasteiger partial charge in [-0.15, -0.1) is 0 Å². The third kappa shape index (κ3) is 5.37. The molecular weight excluding hydrogens is 374 g/mol. The lowest BCUT2D eigenvalue weighted by molar-refractivity contribution is 0.246. The average Bonchev–Trinajstić information content (AvgIpc) is 3.05. The number of aryl methyl sites for hydroxylation is 2. The van der Waals surface area contributed by atoms with Crippen LogP contribution in [0.4, 0.5) is 0 Å². The van der Waals surface area contributed by atoms with Crippen LogP contribution in [0.1, 0.15) is 57.6 Å². The van der Waals surface area contributed by atoms with Gasteiger partial charge >= 0.3 is 0 Å². The second-order valence-corrected chi connectivity index (χ2v) is 9.64. The fourth-order valence-electron chi connectivity index (χ4n) is 3.80. The molecule has 0 bridgehead atoms. The molecule has 0 radical (unpaired) electrons. The molecule has 1 N–H and O–H groups in total. The highest BCUT2D eigenvalue weighted by molar-refractivity contribution is 6.30. The van der Waals surface area contributed by atoms with Crippen LogP contribution in [0.3, 0.4) is 0 Å². The second-order valence-electron chi connectivity index (χ2n) is 9.28. The molecule has 2 aromatic heterocycles. The molecular formula is C21H34ClN5O. The monoisotopic (exact) mass is 407 g/mol. The predicted molar refractivity (Wildman–Crippen MR) is 113 cm³/mol. The van der Waals surface area contributed by atoms with Crippen LogP contribution in [0.2, 0.25) is 5.15 Å². The van der Waals surface area contributed by atoms with E-state index in [9.17, 15) is 0 Å². The van der Waals surface area contributed by atoms with Gasteiger partial charge in [0, 0.05) is 37.3 Å². The van der Waals surface area contributed by atoms with Crippen molar-refractivity contribution in [3.05, 3.63) is 22.5 Å². The molecule has 0 spiro atoms. The molecule has 1 fully saturated rings. The van der Waals surface area contributed by atoms with E-state index in [1.54, 1.807) is 10.9 Å². The molecule has 0 saturated carbocycles. The normalized spacial score (nSPS) is 19.1. The first-order valence-electron chi connectivity index (χ1n) is 10.3. The number of rotatable bonds is 6. The Balaban J connectivity index is 1.71. The van der Waals surface area contributed by atoms with Crippen molar-refractivity contribution < 1.29 is 4.52 Å². The maximum absolute atomic E-state index is 6.61.